The number of aromatic nitrogens is 1. The minimum Gasteiger partial charge on any atom is -0.481 e. The van der Waals surface area contributed by atoms with Gasteiger partial charge in [-0.2, -0.15) is 0 Å². The normalized spacial score (nSPS) is 13.8. The van der Waals surface area contributed by atoms with Gasteiger partial charge >= 0.3 is 11.9 Å². The molecule has 10 N–H and O–H groups in total. The van der Waals surface area contributed by atoms with Crippen molar-refractivity contribution in [3.8, 4) is 0 Å². The summed E-state index contributed by atoms with van der Waals surface area (Å²) in [4.78, 5) is 66.0. The van der Waals surface area contributed by atoms with Crippen molar-refractivity contribution in [3.05, 3.63) is 71.9 Å². The van der Waals surface area contributed by atoms with Gasteiger partial charge in [0.25, 0.3) is 0 Å². The molecule has 0 aliphatic carbocycles. The molecule has 1 aromatic heterocycles. The lowest BCUT2D eigenvalue weighted by Gasteiger charge is -2.25. The van der Waals surface area contributed by atoms with E-state index in [1.807, 2.05) is 24.3 Å². The number of para-hydroxylation sites is 1. The average Bonchev–Trinajstić information content (AvgIpc) is 3.41. The second-order valence-corrected chi connectivity index (χ2v) is 10.6. The van der Waals surface area contributed by atoms with Gasteiger partial charge in [0.15, 0.2) is 0 Å². The van der Waals surface area contributed by atoms with Crippen LogP contribution in [0, 0.1) is 0 Å². The van der Waals surface area contributed by atoms with E-state index < -0.39 is 53.8 Å². The van der Waals surface area contributed by atoms with Gasteiger partial charge < -0.3 is 42.6 Å². The minimum atomic E-state index is -1.28. The van der Waals surface area contributed by atoms with E-state index in [0.717, 1.165) is 16.5 Å². The third-order valence-electron chi connectivity index (χ3n) is 7.22. The first-order chi connectivity index (χ1) is 21.1. The number of nitrogens with one attached hydrogen (secondary N) is 4. The third-order valence-corrected chi connectivity index (χ3v) is 7.22. The number of aliphatic carboxylic acids is 2. The van der Waals surface area contributed by atoms with E-state index in [1.54, 1.807) is 36.5 Å². The number of benzene rings is 2. The zero-order valence-electron chi connectivity index (χ0n) is 24.3. The van der Waals surface area contributed by atoms with Gasteiger partial charge in [0.1, 0.15) is 18.1 Å². The predicted octanol–water partition coefficient (Wildman–Crippen LogP) is 0.813. The van der Waals surface area contributed by atoms with E-state index in [2.05, 4.69) is 20.9 Å². The molecular formula is C31H40N6O7. The summed E-state index contributed by atoms with van der Waals surface area (Å²) >= 11 is 0. The van der Waals surface area contributed by atoms with E-state index in [9.17, 15) is 29.1 Å². The number of carboxylic acids is 2. The van der Waals surface area contributed by atoms with Crippen LogP contribution in [0.5, 0.6) is 0 Å². The van der Waals surface area contributed by atoms with E-state index in [-0.39, 0.29) is 32.1 Å². The van der Waals surface area contributed by atoms with Crippen LogP contribution in [0.3, 0.4) is 0 Å². The maximum Gasteiger partial charge on any atom is 0.326 e. The quantitative estimate of drug-likeness (QED) is 0.0954. The molecule has 0 radical (unpaired) electrons. The Bertz CT molecular complexity index is 1430. The lowest BCUT2D eigenvalue weighted by molar-refractivity contribution is -0.142. The number of carbonyl (C=O) groups excluding carboxylic acids is 3. The Morgan fingerprint density at radius 2 is 1.39 bits per heavy atom. The SMILES string of the molecule is NCCCCC(NC(=O)C(Cc1ccccc1)NC(=O)C(N)CCC(=O)O)C(=O)NC(Cc1c[nH]c2ccccc12)C(=O)O. The Morgan fingerprint density at radius 3 is 2.07 bits per heavy atom. The van der Waals surface area contributed by atoms with Crippen LogP contribution in [0.1, 0.15) is 43.2 Å². The van der Waals surface area contributed by atoms with Gasteiger partial charge in [-0.25, -0.2) is 4.79 Å². The second-order valence-electron chi connectivity index (χ2n) is 10.6. The smallest absolute Gasteiger partial charge is 0.326 e. The summed E-state index contributed by atoms with van der Waals surface area (Å²) in [5, 5.41) is 27.5. The Balaban J connectivity index is 1.77. The number of carboxylic acid groups (broad SMARTS) is 2. The van der Waals surface area contributed by atoms with Crippen LogP contribution in [0.25, 0.3) is 10.9 Å². The van der Waals surface area contributed by atoms with Crippen LogP contribution in [0.2, 0.25) is 0 Å². The molecule has 0 fully saturated rings. The molecule has 0 aliphatic heterocycles. The number of H-pyrrole nitrogens is 1. The topological polar surface area (TPSA) is 230 Å². The zero-order valence-corrected chi connectivity index (χ0v) is 24.3. The van der Waals surface area contributed by atoms with Gasteiger partial charge in [0.05, 0.1) is 6.04 Å². The van der Waals surface area contributed by atoms with Gasteiger partial charge in [0.2, 0.25) is 17.7 Å². The Kier molecular flexibility index (Phi) is 12.9. The summed E-state index contributed by atoms with van der Waals surface area (Å²) in [6, 6.07) is 11.6. The lowest BCUT2D eigenvalue weighted by atomic mass is 10.0. The van der Waals surface area contributed by atoms with Gasteiger partial charge in [-0.05, 0) is 49.4 Å². The molecule has 236 valence electrons. The Labute approximate surface area is 254 Å². The molecule has 2 aromatic carbocycles. The van der Waals surface area contributed by atoms with Crippen molar-refractivity contribution in [2.45, 2.75) is 69.1 Å². The molecule has 0 bridgehead atoms. The molecule has 44 heavy (non-hydrogen) atoms. The van der Waals surface area contributed by atoms with Crippen LogP contribution in [0.15, 0.2) is 60.8 Å². The molecule has 4 atom stereocenters. The van der Waals surface area contributed by atoms with Crippen molar-refractivity contribution in [2.75, 3.05) is 6.54 Å². The molecular weight excluding hydrogens is 568 g/mol. The first-order valence-corrected chi connectivity index (χ1v) is 14.5. The monoisotopic (exact) mass is 608 g/mol. The Hall–Kier alpha value is -4.75. The van der Waals surface area contributed by atoms with Crippen molar-refractivity contribution >= 4 is 40.6 Å². The number of carbonyl (C=O) groups is 5. The largest absolute Gasteiger partial charge is 0.481 e. The third kappa shape index (κ3) is 10.2. The van der Waals surface area contributed by atoms with Gasteiger partial charge in [-0.15, -0.1) is 0 Å². The highest BCUT2D eigenvalue weighted by Gasteiger charge is 2.31. The van der Waals surface area contributed by atoms with Gasteiger partial charge in [-0.1, -0.05) is 48.5 Å². The summed E-state index contributed by atoms with van der Waals surface area (Å²) in [7, 11) is 0. The number of unbranched alkanes of at least 4 members (excludes halogenated alkanes) is 1. The lowest BCUT2D eigenvalue weighted by Crippen LogP contribution is -2.57. The van der Waals surface area contributed by atoms with E-state index in [0.29, 0.717) is 24.9 Å². The van der Waals surface area contributed by atoms with Crippen molar-refractivity contribution in [1.29, 1.82) is 0 Å². The van der Waals surface area contributed by atoms with Crippen LogP contribution in [-0.4, -0.2) is 75.6 Å². The predicted molar refractivity (Wildman–Crippen MR) is 163 cm³/mol. The molecule has 13 nitrogen and oxygen atoms in total. The first-order valence-electron chi connectivity index (χ1n) is 14.5. The highest BCUT2D eigenvalue weighted by molar-refractivity contribution is 5.94. The summed E-state index contributed by atoms with van der Waals surface area (Å²) in [5.74, 6) is -4.42. The van der Waals surface area contributed by atoms with E-state index in [4.69, 9.17) is 16.6 Å². The maximum absolute atomic E-state index is 13.6. The number of hydrogen-bond acceptors (Lipinski definition) is 7. The van der Waals surface area contributed by atoms with E-state index in [1.165, 1.54) is 0 Å². The molecule has 3 amide bonds. The molecule has 4 unspecified atom stereocenters. The molecule has 0 aliphatic rings. The molecule has 3 aromatic rings. The summed E-state index contributed by atoms with van der Waals surface area (Å²) in [6.45, 7) is 0.363. The zero-order chi connectivity index (χ0) is 32.1. The second kappa shape index (κ2) is 16.8. The number of fused-ring (bicyclic) bond motifs is 1. The Morgan fingerprint density at radius 1 is 0.750 bits per heavy atom. The molecule has 3 rings (SSSR count). The summed E-state index contributed by atoms with van der Waals surface area (Å²) in [5.41, 5.74) is 13.8. The average molecular weight is 609 g/mol. The minimum absolute atomic E-state index is 0.00940. The molecule has 13 heteroatoms. The number of hydrogen-bond donors (Lipinski definition) is 8. The fraction of sp³-hybridized carbons (Fsp3) is 0.387. The highest BCUT2D eigenvalue weighted by Crippen LogP contribution is 2.19. The maximum atomic E-state index is 13.6. The van der Waals surface area contributed by atoms with Crippen molar-refractivity contribution in [2.24, 2.45) is 11.5 Å². The first kappa shape index (κ1) is 33.7. The fourth-order valence-electron chi connectivity index (χ4n) is 4.77. The fourth-order valence-corrected chi connectivity index (χ4v) is 4.77. The molecule has 0 saturated carbocycles. The highest BCUT2D eigenvalue weighted by atomic mass is 16.4. The summed E-state index contributed by atoms with van der Waals surface area (Å²) in [6.07, 6.45) is 2.55. The van der Waals surface area contributed by atoms with E-state index >= 15 is 0 Å². The number of rotatable bonds is 18. The standard InChI is InChI=1S/C31H40N6O7/c32-15-7-6-12-24(29(41)37-26(31(43)44)17-20-18-34-23-11-5-4-10-21(20)23)35-30(42)25(16-19-8-2-1-3-9-19)36-28(40)22(33)13-14-27(38)39/h1-5,8-11,18,22,24-26,34H,6-7,12-17,32-33H2,(H,35,42)(H,36,40)(H,37,41)(H,38,39)(H,43,44). The molecule has 1 heterocycles. The van der Waals surface area contributed by atoms with Crippen LogP contribution < -0.4 is 27.4 Å². The van der Waals surface area contributed by atoms with Crippen LogP contribution in [0.4, 0.5) is 0 Å². The summed E-state index contributed by atoms with van der Waals surface area (Å²) < 4.78 is 0. The number of amides is 3. The number of aromatic amines is 1. The van der Waals surface area contributed by atoms with Gasteiger partial charge in [0, 0.05) is 36.4 Å². The molecule has 0 spiro atoms. The van der Waals surface area contributed by atoms with Crippen molar-refractivity contribution in [1.82, 2.24) is 20.9 Å². The molecule has 0 saturated heterocycles. The number of nitrogens with two attached hydrogens (primary N) is 2. The van der Waals surface area contributed by atoms with Crippen LogP contribution in [-0.2, 0) is 36.8 Å². The van der Waals surface area contributed by atoms with Crippen molar-refractivity contribution < 1.29 is 34.2 Å². The van der Waals surface area contributed by atoms with Crippen LogP contribution >= 0.6 is 0 Å². The van der Waals surface area contributed by atoms with Gasteiger partial charge in [-0.3, -0.25) is 19.2 Å². The van der Waals surface area contributed by atoms with Crippen molar-refractivity contribution in [3.63, 3.8) is 0 Å².